The second kappa shape index (κ2) is 6.71. The molecule has 0 spiro atoms. The molecular formula is C15H13ClIN5O. The highest BCUT2D eigenvalue weighted by molar-refractivity contribution is 14.1. The zero-order chi connectivity index (χ0) is 16.4. The summed E-state index contributed by atoms with van der Waals surface area (Å²) in [7, 11) is 1.73. The van der Waals surface area contributed by atoms with Gasteiger partial charge in [-0.3, -0.25) is 14.2 Å². The predicted octanol–water partition coefficient (Wildman–Crippen LogP) is 3.18. The molecule has 0 aliphatic carbocycles. The number of rotatable bonds is 4. The van der Waals surface area contributed by atoms with Crippen molar-refractivity contribution < 1.29 is 4.79 Å². The summed E-state index contributed by atoms with van der Waals surface area (Å²) in [6.07, 6.45) is 5.03. The molecule has 2 aromatic heterocycles. The van der Waals surface area contributed by atoms with E-state index in [1.165, 1.54) is 0 Å². The zero-order valence-electron chi connectivity index (χ0n) is 12.2. The summed E-state index contributed by atoms with van der Waals surface area (Å²) < 4.78 is 4.07. The van der Waals surface area contributed by atoms with E-state index in [-0.39, 0.29) is 5.91 Å². The lowest BCUT2D eigenvalue weighted by Gasteiger charge is -2.05. The Morgan fingerprint density at radius 2 is 2.09 bits per heavy atom. The minimum atomic E-state index is -0.216. The minimum absolute atomic E-state index is 0.216. The van der Waals surface area contributed by atoms with Crippen molar-refractivity contribution in [1.29, 1.82) is 0 Å². The van der Waals surface area contributed by atoms with Crippen LogP contribution in [0.4, 0.5) is 5.69 Å². The minimum Gasteiger partial charge on any atom is -0.318 e. The van der Waals surface area contributed by atoms with Gasteiger partial charge in [-0.1, -0.05) is 29.8 Å². The molecule has 1 aromatic carbocycles. The van der Waals surface area contributed by atoms with Gasteiger partial charge in [-0.05, 0) is 34.2 Å². The van der Waals surface area contributed by atoms with Gasteiger partial charge in [0.15, 0.2) is 0 Å². The first-order valence-corrected chi connectivity index (χ1v) is 8.25. The molecule has 0 saturated heterocycles. The number of aromatic nitrogens is 4. The Labute approximate surface area is 151 Å². The van der Waals surface area contributed by atoms with Gasteiger partial charge in [0.1, 0.15) is 5.69 Å². The smallest absolute Gasteiger partial charge is 0.275 e. The summed E-state index contributed by atoms with van der Waals surface area (Å²) >= 11 is 8.23. The molecule has 0 aliphatic heterocycles. The highest BCUT2D eigenvalue weighted by Crippen LogP contribution is 2.17. The molecule has 3 aromatic rings. The Morgan fingerprint density at radius 1 is 1.30 bits per heavy atom. The number of anilines is 1. The molecule has 0 saturated carbocycles. The van der Waals surface area contributed by atoms with Crippen LogP contribution in [-0.4, -0.2) is 25.5 Å². The SMILES string of the molecule is Cn1ncc(I)c1C(=O)Nc1cnn(Cc2ccccc2Cl)c1. The molecule has 0 fully saturated rings. The number of hydrogen-bond donors (Lipinski definition) is 1. The van der Waals surface area contributed by atoms with Crippen LogP contribution in [0.5, 0.6) is 0 Å². The molecule has 2 heterocycles. The average molecular weight is 442 g/mol. The monoisotopic (exact) mass is 441 g/mol. The van der Waals surface area contributed by atoms with Gasteiger partial charge in [-0.2, -0.15) is 10.2 Å². The number of nitrogens with zero attached hydrogens (tertiary/aromatic N) is 4. The van der Waals surface area contributed by atoms with E-state index in [4.69, 9.17) is 11.6 Å². The maximum atomic E-state index is 12.3. The molecular weight excluding hydrogens is 429 g/mol. The highest BCUT2D eigenvalue weighted by atomic mass is 127. The van der Waals surface area contributed by atoms with Crippen LogP contribution in [0.15, 0.2) is 42.9 Å². The summed E-state index contributed by atoms with van der Waals surface area (Å²) in [5.74, 6) is -0.216. The summed E-state index contributed by atoms with van der Waals surface area (Å²) in [4.78, 5) is 12.3. The Hall–Kier alpha value is -1.87. The first kappa shape index (κ1) is 16.0. The predicted molar refractivity (Wildman–Crippen MR) is 96.7 cm³/mol. The van der Waals surface area contributed by atoms with E-state index in [1.54, 1.807) is 35.0 Å². The molecule has 8 heteroatoms. The maximum absolute atomic E-state index is 12.3. The number of aryl methyl sites for hydroxylation is 1. The number of carbonyl (C=O) groups is 1. The van der Waals surface area contributed by atoms with E-state index in [1.807, 2.05) is 24.3 Å². The topological polar surface area (TPSA) is 64.7 Å². The van der Waals surface area contributed by atoms with Crippen LogP contribution in [0.25, 0.3) is 0 Å². The number of hydrogen-bond acceptors (Lipinski definition) is 3. The molecule has 0 aliphatic rings. The highest BCUT2D eigenvalue weighted by Gasteiger charge is 2.16. The number of benzene rings is 1. The molecule has 0 radical (unpaired) electrons. The molecule has 1 N–H and O–H groups in total. The largest absolute Gasteiger partial charge is 0.318 e. The van der Waals surface area contributed by atoms with Crippen molar-refractivity contribution in [2.24, 2.45) is 7.05 Å². The number of halogens is 2. The molecule has 118 valence electrons. The van der Waals surface area contributed by atoms with Gasteiger partial charge in [-0.15, -0.1) is 0 Å². The zero-order valence-corrected chi connectivity index (χ0v) is 15.1. The summed E-state index contributed by atoms with van der Waals surface area (Å²) in [5, 5.41) is 11.8. The van der Waals surface area contributed by atoms with E-state index >= 15 is 0 Å². The lowest BCUT2D eigenvalue weighted by atomic mass is 10.2. The summed E-state index contributed by atoms with van der Waals surface area (Å²) in [6, 6.07) is 7.60. The molecule has 0 atom stereocenters. The van der Waals surface area contributed by atoms with Crippen LogP contribution < -0.4 is 5.32 Å². The Morgan fingerprint density at radius 3 is 2.78 bits per heavy atom. The molecule has 3 rings (SSSR count). The lowest BCUT2D eigenvalue weighted by Crippen LogP contribution is -2.17. The van der Waals surface area contributed by atoms with Crippen LogP contribution in [-0.2, 0) is 13.6 Å². The van der Waals surface area contributed by atoms with Crippen molar-refractivity contribution in [3.05, 3.63) is 62.7 Å². The maximum Gasteiger partial charge on any atom is 0.275 e. The van der Waals surface area contributed by atoms with Crippen molar-refractivity contribution in [3.63, 3.8) is 0 Å². The van der Waals surface area contributed by atoms with Gasteiger partial charge in [0.05, 0.1) is 28.2 Å². The van der Waals surface area contributed by atoms with E-state index in [0.29, 0.717) is 22.9 Å². The first-order valence-electron chi connectivity index (χ1n) is 6.79. The molecule has 0 bridgehead atoms. The van der Waals surface area contributed by atoms with Gasteiger partial charge in [0, 0.05) is 18.3 Å². The Balaban J connectivity index is 1.73. The van der Waals surface area contributed by atoms with Crippen LogP contribution in [0, 0.1) is 3.57 Å². The van der Waals surface area contributed by atoms with Crippen molar-refractivity contribution in [1.82, 2.24) is 19.6 Å². The number of amides is 1. The standard InChI is InChI=1S/C15H13ClIN5O/c1-21-14(13(17)7-18-21)15(23)20-11-6-19-22(9-11)8-10-4-2-3-5-12(10)16/h2-7,9H,8H2,1H3,(H,20,23). The van der Waals surface area contributed by atoms with Crippen molar-refractivity contribution in [2.75, 3.05) is 5.32 Å². The normalized spacial score (nSPS) is 10.7. The molecule has 1 amide bonds. The fourth-order valence-corrected chi connectivity index (χ4v) is 3.09. The third-order valence-electron chi connectivity index (χ3n) is 3.29. The fourth-order valence-electron chi connectivity index (χ4n) is 2.17. The lowest BCUT2D eigenvalue weighted by molar-refractivity contribution is 0.101. The van der Waals surface area contributed by atoms with E-state index in [2.05, 4.69) is 38.1 Å². The van der Waals surface area contributed by atoms with Crippen LogP contribution in [0.2, 0.25) is 5.02 Å². The van der Waals surface area contributed by atoms with Crippen LogP contribution in [0.3, 0.4) is 0 Å². The van der Waals surface area contributed by atoms with E-state index in [9.17, 15) is 4.79 Å². The van der Waals surface area contributed by atoms with Gasteiger partial charge in [-0.25, -0.2) is 0 Å². The third-order valence-corrected chi connectivity index (χ3v) is 4.45. The Kier molecular flexibility index (Phi) is 4.67. The van der Waals surface area contributed by atoms with Gasteiger partial charge in [0.25, 0.3) is 5.91 Å². The van der Waals surface area contributed by atoms with E-state index < -0.39 is 0 Å². The summed E-state index contributed by atoms with van der Waals surface area (Å²) in [6.45, 7) is 0.540. The van der Waals surface area contributed by atoms with Crippen molar-refractivity contribution in [2.45, 2.75) is 6.54 Å². The van der Waals surface area contributed by atoms with Gasteiger partial charge < -0.3 is 5.32 Å². The average Bonchev–Trinajstić information content (AvgIpc) is 3.08. The van der Waals surface area contributed by atoms with Crippen LogP contribution >= 0.6 is 34.2 Å². The number of nitrogens with one attached hydrogen (secondary N) is 1. The quantitative estimate of drug-likeness (QED) is 0.633. The number of carbonyl (C=O) groups excluding carboxylic acids is 1. The van der Waals surface area contributed by atoms with Gasteiger partial charge >= 0.3 is 0 Å². The van der Waals surface area contributed by atoms with Gasteiger partial charge in [0.2, 0.25) is 0 Å². The molecule has 23 heavy (non-hydrogen) atoms. The molecule has 0 unspecified atom stereocenters. The Bertz CT molecular complexity index is 838. The third kappa shape index (κ3) is 3.56. The van der Waals surface area contributed by atoms with Crippen molar-refractivity contribution >= 4 is 45.8 Å². The second-order valence-corrected chi connectivity index (χ2v) is 6.51. The van der Waals surface area contributed by atoms with Crippen molar-refractivity contribution in [3.8, 4) is 0 Å². The fraction of sp³-hybridized carbons (Fsp3) is 0.133. The molecule has 6 nitrogen and oxygen atoms in total. The van der Waals surface area contributed by atoms with Crippen LogP contribution in [0.1, 0.15) is 16.1 Å². The van der Waals surface area contributed by atoms with E-state index in [0.717, 1.165) is 9.13 Å². The first-order chi connectivity index (χ1) is 11.0. The summed E-state index contributed by atoms with van der Waals surface area (Å²) in [5.41, 5.74) is 2.11. The second-order valence-electron chi connectivity index (χ2n) is 4.94.